The summed E-state index contributed by atoms with van der Waals surface area (Å²) in [4.78, 5) is 0. The van der Waals surface area contributed by atoms with Gasteiger partial charge in [-0.25, -0.2) is 0 Å². The Balaban J connectivity index is 0.00000112. The molecule has 0 amide bonds. The van der Waals surface area contributed by atoms with Crippen LogP contribution in [0, 0.1) is 0 Å². The number of benzene rings is 2. The summed E-state index contributed by atoms with van der Waals surface area (Å²) >= 11 is 0. The molecule has 0 spiro atoms. The number of nitrogen functional groups attached to an aromatic ring is 1. The van der Waals surface area contributed by atoms with Gasteiger partial charge in [0.1, 0.15) is 0 Å². The van der Waals surface area contributed by atoms with Crippen molar-refractivity contribution in [1.29, 1.82) is 0 Å². The first-order valence-electron chi connectivity index (χ1n) is 4.79. The fraction of sp³-hybridized carbons (Fsp3) is 0.167. The monoisotopic (exact) mass is 222 g/mol. The molecule has 2 nitrogen and oxygen atoms in total. The first-order chi connectivity index (χ1) is 6.83. The van der Waals surface area contributed by atoms with E-state index >= 15 is 0 Å². The molecule has 2 rings (SSSR count). The van der Waals surface area contributed by atoms with Crippen molar-refractivity contribution < 1.29 is 0 Å². The maximum Gasteiger partial charge on any atom is 0.0426 e. The number of hydrogen-bond donors (Lipinski definition) is 2. The molecule has 0 atom stereocenters. The molecule has 0 aromatic heterocycles. The summed E-state index contributed by atoms with van der Waals surface area (Å²) in [6.45, 7) is 0.641. The minimum absolute atomic E-state index is 0. The average molecular weight is 223 g/mol. The standard InChI is InChI=1S/C12H14N2.ClH/c13-8-7-10-6-5-9-3-1-2-4-11(9)12(10)14;/h1-6H,7-8,13-14H2;1H. The molecule has 4 N–H and O–H groups in total. The summed E-state index contributed by atoms with van der Waals surface area (Å²) < 4.78 is 0. The largest absolute Gasteiger partial charge is 0.398 e. The number of hydrogen-bond acceptors (Lipinski definition) is 2. The SMILES string of the molecule is Cl.NCCc1ccc2ccccc2c1N. The van der Waals surface area contributed by atoms with E-state index in [4.69, 9.17) is 11.5 Å². The molecular formula is C12H15ClN2. The van der Waals surface area contributed by atoms with Crippen molar-refractivity contribution in [2.75, 3.05) is 12.3 Å². The van der Waals surface area contributed by atoms with Crippen molar-refractivity contribution >= 4 is 28.9 Å². The second-order valence-electron chi connectivity index (χ2n) is 3.40. The number of halogens is 1. The van der Waals surface area contributed by atoms with E-state index < -0.39 is 0 Å². The average Bonchev–Trinajstić information content (AvgIpc) is 2.23. The molecule has 0 aliphatic carbocycles. The van der Waals surface area contributed by atoms with Crippen LogP contribution in [0.25, 0.3) is 10.8 Å². The lowest BCUT2D eigenvalue weighted by Gasteiger charge is -2.07. The molecule has 3 heteroatoms. The van der Waals surface area contributed by atoms with Crippen LogP contribution in [-0.2, 0) is 6.42 Å². The van der Waals surface area contributed by atoms with Gasteiger partial charge in [-0.05, 0) is 23.9 Å². The lowest BCUT2D eigenvalue weighted by molar-refractivity contribution is 0.973. The predicted molar refractivity (Wildman–Crippen MR) is 68.4 cm³/mol. The molecule has 0 saturated heterocycles. The second kappa shape index (κ2) is 5.01. The van der Waals surface area contributed by atoms with Gasteiger partial charge in [-0.2, -0.15) is 0 Å². The van der Waals surface area contributed by atoms with Gasteiger partial charge in [0.05, 0.1) is 0 Å². The Hall–Kier alpha value is -1.25. The van der Waals surface area contributed by atoms with Gasteiger partial charge in [-0.3, -0.25) is 0 Å². The summed E-state index contributed by atoms with van der Waals surface area (Å²) in [5.41, 5.74) is 13.6. The third-order valence-electron chi connectivity index (χ3n) is 2.47. The molecular weight excluding hydrogens is 208 g/mol. The van der Waals surface area contributed by atoms with Gasteiger partial charge in [0.15, 0.2) is 0 Å². The fourth-order valence-electron chi connectivity index (χ4n) is 1.71. The summed E-state index contributed by atoms with van der Waals surface area (Å²) in [5.74, 6) is 0. The smallest absolute Gasteiger partial charge is 0.0426 e. The van der Waals surface area contributed by atoms with Crippen molar-refractivity contribution in [2.45, 2.75) is 6.42 Å². The number of fused-ring (bicyclic) bond motifs is 1. The van der Waals surface area contributed by atoms with E-state index in [1.807, 2.05) is 18.2 Å². The summed E-state index contributed by atoms with van der Waals surface area (Å²) in [7, 11) is 0. The highest BCUT2D eigenvalue weighted by Gasteiger charge is 2.02. The molecule has 15 heavy (non-hydrogen) atoms. The van der Waals surface area contributed by atoms with Gasteiger partial charge in [0.25, 0.3) is 0 Å². The normalized spacial score (nSPS) is 9.93. The molecule has 0 fully saturated rings. The van der Waals surface area contributed by atoms with Crippen LogP contribution in [0.5, 0.6) is 0 Å². The van der Waals surface area contributed by atoms with Gasteiger partial charge in [0, 0.05) is 11.1 Å². The van der Waals surface area contributed by atoms with E-state index in [1.54, 1.807) is 0 Å². The van der Waals surface area contributed by atoms with Gasteiger partial charge >= 0.3 is 0 Å². The highest BCUT2D eigenvalue weighted by atomic mass is 35.5. The van der Waals surface area contributed by atoms with E-state index in [2.05, 4.69) is 18.2 Å². The van der Waals surface area contributed by atoms with Crippen molar-refractivity contribution in [1.82, 2.24) is 0 Å². The predicted octanol–water partition coefficient (Wildman–Crippen LogP) is 2.35. The zero-order valence-electron chi connectivity index (χ0n) is 8.44. The summed E-state index contributed by atoms with van der Waals surface area (Å²) in [6, 6.07) is 12.3. The molecule has 0 heterocycles. The first kappa shape index (κ1) is 11.8. The first-order valence-corrected chi connectivity index (χ1v) is 4.79. The van der Waals surface area contributed by atoms with E-state index in [1.165, 1.54) is 5.39 Å². The maximum atomic E-state index is 6.05. The third-order valence-corrected chi connectivity index (χ3v) is 2.47. The lowest BCUT2D eigenvalue weighted by Crippen LogP contribution is -2.05. The number of anilines is 1. The lowest BCUT2D eigenvalue weighted by atomic mass is 10.0. The minimum atomic E-state index is 0. The Kier molecular flexibility index (Phi) is 3.95. The van der Waals surface area contributed by atoms with E-state index in [0.717, 1.165) is 23.1 Å². The van der Waals surface area contributed by atoms with Crippen molar-refractivity contribution in [3.05, 3.63) is 42.0 Å². The van der Waals surface area contributed by atoms with Crippen LogP contribution in [0.3, 0.4) is 0 Å². The van der Waals surface area contributed by atoms with Crippen LogP contribution in [0.15, 0.2) is 36.4 Å². The molecule has 0 saturated carbocycles. The van der Waals surface area contributed by atoms with Gasteiger partial charge in [-0.15, -0.1) is 12.4 Å². The van der Waals surface area contributed by atoms with Gasteiger partial charge < -0.3 is 11.5 Å². The zero-order chi connectivity index (χ0) is 9.97. The molecule has 0 bridgehead atoms. The minimum Gasteiger partial charge on any atom is -0.398 e. The van der Waals surface area contributed by atoms with Crippen molar-refractivity contribution in [3.63, 3.8) is 0 Å². The number of nitrogens with two attached hydrogens (primary N) is 2. The molecule has 0 unspecified atom stereocenters. The van der Waals surface area contributed by atoms with Crippen LogP contribution < -0.4 is 11.5 Å². The Morgan fingerprint density at radius 3 is 2.47 bits per heavy atom. The van der Waals surface area contributed by atoms with Crippen LogP contribution in [0.2, 0.25) is 0 Å². The number of rotatable bonds is 2. The third kappa shape index (κ3) is 2.22. The highest BCUT2D eigenvalue weighted by molar-refractivity contribution is 5.94. The molecule has 80 valence electrons. The van der Waals surface area contributed by atoms with Crippen LogP contribution in [0.1, 0.15) is 5.56 Å². The molecule has 0 aliphatic rings. The molecule has 2 aromatic rings. The van der Waals surface area contributed by atoms with Crippen LogP contribution >= 0.6 is 12.4 Å². The fourth-order valence-corrected chi connectivity index (χ4v) is 1.71. The topological polar surface area (TPSA) is 52.0 Å². The highest BCUT2D eigenvalue weighted by Crippen LogP contribution is 2.24. The van der Waals surface area contributed by atoms with Crippen LogP contribution in [0.4, 0.5) is 5.69 Å². The quantitative estimate of drug-likeness (QED) is 0.767. The second-order valence-corrected chi connectivity index (χ2v) is 3.40. The van der Waals surface area contributed by atoms with Crippen LogP contribution in [-0.4, -0.2) is 6.54 Å². The van der Waals surface area contributed by atoms with Gasteiger partial charge in [-0.1, -0.05) is 36.4 Å². The molecule has 0 radical (unpaired) electrons. The Morgan fingerprint density at radius 1 is 1.00 bits per heavy atom. The molecule has 2 aromatic carbocycles. The van der Waals surface area contributed by atoms with E-state index in [0.29, 0.717) is 6.54 Å². The molecule has 0 aliphatic heterocycles. The van der Waals surface area contributed by atoms with Crippen molar-refractivity contribution in [3.8, 4) is 0 Å². The zero-order valence-corrected chi connectivity index (χ0v) is 9.26. The Bertz CT molecular complexity index is 454. The Morgan fingerprint density at radius 2 is 1.73 bits per heavy atom. The summed E-state index contributed by atoms with van der Waals surface area (Å²) in [5, 5.41) is 2.31. The van der Waals surface area contributed by atoms with E-state index in [-0.39, 0.29) is 12.4 Å². The van der Waals surface area contributed by atoms with E-state index in [9.17, 15) is 0 Å². The maximum absolute atomic E-state index is 6.05. The Labute approximate surface area is 95.7 Å². The summed E-state index contributed by atoms with van der Waals surface area (Å²) in [6.07, 6.45) is 0.844. The van der Waals surface area contributed by atoms with Crippen molar-refractivity contribution in [2.24, 2.45) is 5.73 Å². The van der Waals surface area contributed by atoms with Gasteiger partial charge in [0.2, 0.25) is 0 Å².